The quantitative estimate of drug-likeness (QED) is 0.658. The fourth-order valence-corrected chi connectivity index (χ4v) is 2.01. The number of hydrogen-bond acceptors (Lipinski definition) is 6. The lowest BCUT2D eigenvalue weighted by Crippen LogP contribution is -2.18. The molecule has 21 heavy (non-hydrogen) atoms. The molecule has 0 bridgehead atoms. The maximum absolute atomic E-state index is 5.66. The first-order chi connectivity index (χ1) is 10.3. The second-order valence-corrected chi connectivity index (χ2v) is 4.65. The molecule has 0 aliphatic heterocycles. The topological polar surface area (TPSA) is 78.0 Å². The minimum atomic E-state index is 0.472. The number of rotatable bonds is 7. The molecule has 3 rings (SSSR count). The van der Waals surface area contributed by atoms with Crippen LogP contribution in [0.5, 0.6) is 0 Å². The summed E-state index contributed by atoms with van der Waals surface area (Å²) in [5, 5.41) is 11.4. The van der Waals surface area contributed by atoms with Crippen molar-refractivity contribution in [1.82, 2.24) is 25.3 Å². The number of aromatic nitrogens is 4. The van der Waals surface area contributed by atoms with Gasteiger partial charge in [0.25, 0.3) is 0 Å². The molecule has 7 heteroatoms. The zero-order valence-electron chi connectivity index (χ0n) is 11.8. The molecule has 0 atom stereocenters. The fourth-order valence-electron chi connectivity index (χ4n) is 2.01. The Bertz CT molecular complexity index is 673. The summed E-state index contributed by atoms with van der Waals surface area (Å²) in [6, 6.07) is 7.69. The molecular weight excluding hydrogens is 270 g/mol. The molecule has 1 aromatic carbocycles. The van der Waals surface area contributed by atoms with E-state index in [9.17, 15) is 0 Å². The van der Waals surface area contributed by atoms with Crippen molar-refractivity contribution in [2.75, 3.05) is 20.3 Å². The van der Waals surface area contributed by atoms with Crippen LogP contribution < -0.4 is 5.32 Å². The van der Waals surface area contributed by atoms with Crippen LogP contribution in [0, 0.1) is 0 Å². The van der Waals surface area contributed by atoms with Gasteiger partial charge >= 0.3 is 0 Å². The van der Waals surface area contributed by atoms with Crippen LogP contribution in [0.4, 0.5) is 0 Å². The summed E-state index contributed by atoms with van der Waals surface area (Å²) in [5.41, 5.74) is 2.52. The van der Waals surface area contributed by atoms with E-state index in [2.05, 4.69) is 20.6 Å². The van der Waals surface area contributed by atoms with E-state index >= 15 is 0 Å². The average Bonchev–Trinajstić information content (AvgIpc) is 3.10. The highest BCUT2D eigenvalue weighted by molar-refractivity contribution is 5.72. The van der Waals surface area contributed by atoms with Crippen LogP contribution in [0.3, 0.4) is 0 Å². The van der Waals surface area contributed by atoms with Crippen LogP contribution in [-0.2, 0) is 17.8 Å². The first-order valence-electron chi connectivity index (χ1n) is 6.78. The van der Waals surface area contributed by atoms with Crippen molar-refractivity contribution >= 4 is 11.1 Å². The standard InChI is InChI=1S/C14H17N5O2/c1-20-7-6-15-8-11-9-19(18-17-11)10-14-16-12-4-2-3-5-13(12)21-14/h2-5,9,15H,6-8,10H2,1H3. The van der Waals surface area contributed by atoms with E-state index in [0.717, 1.165) is 23.3 Å². The molecule has 0 aliphatic rings. The lowest BCUT2D eigenvalue weighted by molar-refractivity contribution is 0.199. The first-order valence-corrected chi connectivity index (χ1v) is 6.78. The second-order valence-electron chi connectivity index (χ2n) is 4.65. The summed E-state index contributed by atoms with van der Waals surface area (Å²) in [6.45, 7) is 2.60. The second kappa shape index (κ2) is 6.47. The molecule has 0 radical (unpaired) electrons. The van der Waals surface area contributed by atoms with Gasteiger partial charge in [-0.05, 0) is 12.1 Å². The summed E-state index contributed by atoms with van der Waals surface area (Å²) >= 11 is 0. The van der Waals surface area contributed by atoms with Gasteiger partial charge in [-0.25, -0.2) is 9.67 Å². The number of fused-ring (bicyclic) bond motifs is 1. The lowest BCUT2D eigenvalue weighted by Gasteiger charge is -1.99. The summed E-state index contributed by atoms with van der Waals surface area (Å²) < 4.78 is 12.4. The highest BCUT2D eigenvalue weighted by Crippen LogP contribution is 2.15. The predicted octanol–water partition coefficient (Wildman–Crippen LogP) is 1.20. The van der Waals surface area contributed by atoms with Gasteiger partial charge in [-0.1, -0.05) is 17.3 Å². The highest BCUT2D eigenvalue weighted by atomic mass is 16.5. The van der Waals surface area contributed by atoms with Gasteiger partial charge in [0, 0.05) is 20.2 Å². The SMILES string of the molecule is COCCNCc1cn(Cc2nc3ccccc3o2)nn1. The maximum atomic E-state index is 5.66. The van der Waals surface area contributed by atoms with E-state index in [1.165, 1.54) is 0 Å². The van der Waals surface area contributed by atoms with Gasteiger partial charge in [-0.3, -0.25) is 0 Å². The van der Waals surface area contributed by atoms with Crippen LogP contribution in [0.2, 0.25) is 0 Å². The van der Waals surface area contributed by atoms with E-state index < -0.39 is 0 Å². The molecule has 0 saturated carbocycles. The van der Waals surface area contributed by atoms with Crippen LogP contribution in [0.1, 0.15) is 11.6 Å². The Morgan fingerprint density at radius 1 is 1.33 bits per heavy atom. The molecule has 0 spiro atoms. The number of para-hydroxylation sites is 2. The van der Waals surface area contributed by atoms with Crippen molar-refractivity contribution in [2.24, 2.45) is 0 Å². The zero-order valence-corrected chi connectivity index (χ0v) is 11.8. The minimum absolute atomic E-state index is 0.472. The molecule has 7 nitrogen and oxygen atoms in total. The first kappa shape index (κ1) is 13.7. The maximum Gasteiger partial charge on any atom is 0.217 e. The zero-order chi connectivity index (χ0) is 14.5. The third-order valence-corrected chi connectivity index (χ3v) is 3.01. The van der Waals surface area contributed by atoms with Crippen LogP contribution >= 0.6 is 0 Å². The normalized spacial score (nSPS) is 11.3. The smallest absolute Gasteiger partial charge is 0.217 e. The molecule has 0 fully saturated rings. The van der Waals surface area contributed by atoms with E-state index in [-0.39, 0.29) is 0 Å². The lowest BCUT2D eigenvalue weighted by atomic mass is 10.3. The summed E-state index contributed by atoms with van der Waals surface area (Å²) in [5.74, 6) is 0.625. The molecule has 3 aromatic rings. The van der Waals surface area contributed by atoms with Crippen molar-refractivity contribution in [1.29, 1.82) is 0 Å². The molecule has 1 N–H and O–H groups in total. The average molecular weight is 287 g/mol. The van der Waals surface area contributed by atoms with Gasteiger partial charge in [-0.2, -0.15) is 0 Å². The molecule has 0 amide bonds. The number of methoxy groups -OCH3 is 1. The Morgan fingerprint density at radius 2 is 2.24 bits per heavy atom. The van der Waals surface area contributed by atoms with E-state index in [0.29, 0.717) is 25.6 Å². The number of hydrogen-bond donors (Lipinski definition) is 1. The van der Waals surface area contributed by atoms with Gasteiger partial charge in [-0.15, -0.1) is 5.10 Å². The third kappa shape index (κ3) is 3.45. The molecule has 0 aliphatic carbocycles. The van der Waals surface area contributed by atoms with Gasteiger partial charge in [0.2, 0.25) is 5.89 Å². The van der Waals surface area contributed by atoms with Crippen molar-refractivity contribution in [2.45, 2.75) is 13.1 Å². The number of benzene rings is 1. The monoisotopic (exact) mass is 287 g/mol. The molecule has 2 aromatic heterocycles. The van der Waals surface area contributed by atoms with Crippen molar-refractivity contribution in [3.63, 3.8) is 0 Å². The van der Waals surface area contributed by atoms with Crippen LogP contribution in [0.25, 0.3) is 11.1 Å². The highest BCUT2D eigenvalue weighted by Gasteiger charge is 2.07. The summed E-state index contributed by atoms with van der Waals surface area (Å²) in [4.78, 5) is 4.42. The molecule has 2 heterocycles. The number of ether oxygens (including phenoxy) is 1. The van der Waals surface area contributed by atoms with Crippen LogP contribution in [-0.4, -0.2) is 40.2 Å². The third-order valence-electron chi connectivity index (χ3n) is 3.01. The molecular formula is C14H17N5O2. The Morgan fingerprint density at radius 3 is 3.10 bits per heavy atom. The molecule has 0 saturated heterocycles. The van der Waals surface area contributed by atoms with Gasteiger partial charge in [0.05, 0.1) is 18.5 Å². The summed E-state index contributed by atoms with van der Waals surface area (Å²) in [6.07, 6.45) is 1.88. The Labute approximate surface area is 121 Å². The van der Waals surface area contributed by atoms with Crippen molar-refractivity contribution in [3.05, 3.63) is 42.0 Å². The fraction of sp³-hybridized carbons (Fsp3) is 0.357. The van der Waals surface area contributed by atoms with Crippen molar-refractivity contribution < 1.29 is 9.15 Å². The summed E-state index contributed by atoms with van der Waals surface area (Å²) in [7, 11) is 1.68. The predicted molar refractivity (Wildman–Crippen MR) is 76.7 cm³/mol. The molecule has 110 valence electrons. The van der Waals surface area contributed by atoms with Gasteiger partial charge in [0.15, 0.2) is 5.58 Å². The number of oxazole rings is 1. The van der Waals surface area contributed by atoms with E-state index in [4.69, 9.17) is 9.15 Å². The van der Waals surface area contributed by atoms with E-state index in [1.54, 1.807) is 11.8 Å². The number of nitrogens with one attached hydrogen (secondary N) is 1. The van der Waals surface area contributed by atoms with Crippen molar-refractivity contribution in [3.8, 4) is 0 Å². The van der Waals surface area contributed by atoms with Crippen LogP contribution in [0.15, 0.2) is 34.9 Å². The Hall–Kier alpha value is -2.25. The largest absolute Gasteiger partial charge is 0.439 e. The van der Waals surface area contributed by atoms with Gasteiger partial charge in [0.1, 0.15) is 12.1 Å². The Balaban J connectivity index is 1.61. The minimum Gasteiger partial charge on any atom is -0.439 e. The Kier molecular flexibility index (Phi) is 4.23. The van der Waals surface area contributed by atoms with E-state index in [1.807, 2.05) is 30.5 Å². The molecule has 0 unspecified atom stereocenters. The number of nitrogens with zero attached hydrogens (tertiary/aromatic N) is 4. The van der Waals surface area contributed by atoms with Gasteiger partial charge < -0.3 is 14.5 Å².